The van der Waals surface area contributed by atoms with Crippen molar-refractivity contribution in [3.63, 3.8) is 0 Å². The summed E-state index contributed by atoms with van der Waals surface area (Å²) in [6.45, 7) is 3.55. The fourth-order valence-electron chi connectivity index (χ4n) is 3.56. The van der Waals surface area contributed by atoms with Gasteiger partial charge in [-0.15, -0.1) is 0 Å². The Morgan fingerprint density at radius 1 is 1.38 bits per heavy atom. The summed E-state index contributed by atoms with van der Waals surface area (Å²) in [5.74, 6) is 1.79. The number of benzene rings is 1. The third-order valence-corrected chi connectivity index (χ3v) is 4.56. The largest absolute Gasteiger partial charge is 0.508 e. The van der Waals surface area contributed by atoms with E-state index in [1.54, 1.807) is 0 Å². The van der Waals surface area contributed by atoms with Crippen LogP contribution in [0.3, 0.4) is 0 Å². The van der Waals surface area contributed by atoms with Gasteiger partial charge in [-0.05, 0) is 61.5 Å². The van der Waals surface area contributed by atoms with Crippen molar-refractivity contribution in [2.24, 2.45) is 5.92 Å². The number of piperidine rings is 1. The Kier molecular flexibility index (Phi) is 2.21. The molecule has 2 heteroatoms. The van der Waals surface area contributed by atoms with E-state index in [0.717, 1.165) is 6.42 Å². The van der Waals surface area contributed by atoms with Gasteiger partial charge in [-0.1, -0.05) is 13.0 Å². The molecule has 86 valence electrons. The van der Waals surface area contributed by atoms with Crippen LogP contribution in [0.15, 0.2) is 18.2 Å². The molecule has 1 saturated heterocycles. The second kappa shape index (κ2) is 3.49. The van der Waals surface area contributed by atoms with Crippen molar-refractivity contribution in [1.29, 1.82) is 0 Å². The van der Waals surface area contributed by atoms with Gasteiger partial charge in [-0.2, -0.15) is 0 Å². The van der Waals surface area contributed by atoms with Crippen molar-refractivity contribution in [2.75, 3.05) is 13.6 Å². The van der Waals surface area contributed by atoms with Crippen molar-refractivity contribution in [3.05, 3.63) is 29.3 Å². The van der Waals surface area contributed by atoms with E-state index in [9.17, 15) is 5.11 Å². The Morgan fingerprint density at radius 2 is 2.19 bits per heavy atom. The van der Waals surface area contributed by atoms with Crippen LogP contribution >= 0.6 is 0 Å². The molecule has 1 aliphatic heterocycles. The fraction of sp³-hybridized carbons (Fsp3) is 0.571. The van der Waals surface area contributed by atoms with E-state index in [1.165, 1.54) is 24.1 Å². The number of hydrogen-bond acceptors (Lipinski definition) is 2. The van der Waals surface area contributed by atoms with E-state index in [4.69, 9.17) is 0 Å². The maximum atomic E-state index is 9.61. The lowest BCUT2D eigenvalue weighted by Gasteiger charge is -2.47. The first kappa shape index (κ1) is 10.2. The smallest absolute Gasteiger partial charge is 0.115 e. The molecule has 1 aliphatic carbocycles. The zero-order valence-electron chi connectivity index (χ0n) is 9.98. The first-order valence-electron chi connectivity index (χ1n) is 6.19. The molecule has 3 atom stereocenters. The average molecular weight is 217 g/mol. The summed E-state index contributed by atoms with van der Waals surface area (Å²) in [5, 5.41) is 9.61. The fourth-order valence-corrected chi connectivity index (χ4v) is 3.56. The minimum Gasteiger partial charge on any atom is -0.508 e. The number of aromatic hydroxyl groups is 1. The SMILES string of the molecule is C[C@H]1C2Cc3ccc(O)cc3[C@@H]1CCN2C. The van der Waals surface area contributed by atoms with Gasteiger partial charge < -0.3 is 10.0 Å². The van der Waals surface area contributed by atoms with Crippen molar-refractivity contribution in [3.8, 4) is 5.75 Å². The number of phenolic OH excluding ortho intramolecular Hbond substituents is 1. The molecule has 1 fully saturated rings. The lowest BCUT2D eigenvalue weighted by Crippen LogP contribution is -2.49. The number of fused-ring (bicyclic) bond motifs is 4. The predicted molar refractivity (Wildman–Crippen MR) is 64.8 cm³/mol. The average Bonchev–Trinajstić information content (AvgIpc) is 2.25. The summed E-state index contributed by atoms with van der Waals surface area (Å²) in [6, 6.07) is 6.61. The second-order valence-corrected chi connectivity index (χ2v) is 5.39. The van der Waals surface area contributed by atoms with Crippen LogP contribution in [0.4, 0.5) is 0 Å². The van der Waals surface area contributed by atoms with E-state index in [1.807, 2.05) is 12.1 Å². The highest BCUT2D eigenvalue weighted by Gasteiger charge is 2.39. The molecular weight excluding hydrogens is 198 g/mol. The molecule has 1 N–H and O–H groups in total. The summed E-state index contributed by atoms with van der Waals surface area (Å²) in [6.07, 6.45) is 2.37. The Morgan fingerprint density at radius 3 is 3.00 bits per heavy atom. The highest BCUT2D eigenvalue weighted by atomic mass is 16.3. The monoisotopic (exact) mass is 217 g/mol. The number of likely N-dealkylation sites (N-methyl/N-ethyl adjacent to an activating group) is 1. The Hall–Kier alpha value is -1.02. The Bertz CT molecular complexity index is 415. The molecule has 2 bridgehead atoms. The summed E-state index contributed by atoms with van der Waals surface area (Å²) in [5.41, 5.74) is 2.84. The topological polar surface area (TPSA) is 23.5 Å². The first-order chi connectivity index (χ1) is 7.66. The molecule has 0 amide bonds. The van der Waals surface area contributed by atoms with E-state index in [2.05, 4.69) is 24.9 Å². The minimum absolute atomic E-state index is 0.420. The van der Waals surface area contributed by atoms with E-state index in [-0.39, 0.29) is 0 Å². The van der Waals surface area contributed by atoms with Crippen LogP contribution in [-0.4, -0.2) is 29.6 Å². The van der Waals surface area contributed by atoms with Gasteiger partial charge >= 0.3 is 0 Å². The number of rotatable bonds is 0. The normalized spacial score (nSPS) is 33.5. The van der Waals surface area contributed by atoms with Crippen LogP contribution in [0.5, 0.6) is 5.75 Å². The van der Waals surface area contributed by atoms with Gasteiger partial charge in [0.1, 0.15) is 5.75 Å². The highest BCUT2D eigenvalue weighted by molar-refractivity contribution is 5.41. The maximum Gasteiger partial charge on any atom is 0.115 e. The number of likely N-dealkylation sites (tertiary alicyclic amines) is 1. The summed E-state index contributed by atoms with van der Waals surface area (Å²) >= 11 is 0. The zero-order valence-corrected chi connectivity index (χ0v) is 9.98. The van der Waals surface area contributed by atoms with Crippen molar-refractivity contribution >= 4 is 0 Å². The number of nitrogens with zero attached hydrogens (tertiary/aromatic N) is 1. The second-order valence-electron chi connectivity index (χ2n) is 5.39. The Balaban J connectivity index is 2.07. The van der Waals surface area contributed by atoms with Crippen LogP contribution < -0.4 is 0 Å². The third-order valence-electron chi connectivity index (χ3n) is 4.56. The van der Waals surface area contributed by atoms with Gasteiger partial charge in [0, 0.05) is 6.04 Å². The molecule has 1 unspecified atom stereocenters. The molecule has 1 aromatic carbocycles. The van der Waals surface area contributed by atoms with Crippen molar-refractivity contribution < 1.29 is 5.11 Å². The first-order valence-corrected chi connectivity index (χ1v) is 6.19. The van der Waals surface area contributed by atoms with Crippen LogP contribution in [0.1, 0.15) is 30.4 Å². The molecule has 0 radical (unpaired) electrons. The van der Waals surface area contributed by atoms with Gasteiger partial charge in [0.25, 0.3) is 0 Å². The zero-order chi connectivity index (χ0) is 11.3. The number of phenols is 1. The maximum absolute atomic E-state index is 9.61. The predicted octanol–water partition coefficient (Wildman–Crippen LogP) is 2.37. The van der Waals surface area contributed by atoms with Gasteiger partial charge in [0.05, 0.1) is 0 Å². The Labute approximate surface area is 96.9 Å². The molecule has 2 nitrogen and oxygen atoms in total. The lowest BCUT2D eigenvalue weighted by molar-refractivity contribution is 0.0991. The van der Waals surface area contributed by atoms with E-state index >= 15 is 0 Å². The molecule has 0 spiro atoms. The van der Waals surface area contributed by atoms with Crippen molar-refractivity contribution in [1.82, 2.24) is 4.90 Å². The minimum atomic E-state index is 0.420. The van der Waals surface area contributed by atoms with E-state index in [0.29, 0.717) is 23.6 Å². The summed E-state index contributed by atoms with van der Waals surface area (Å²) in [7, 11) is 2.24. The lowest BCUT2D eigenvalue weighted by atomic mass is 9.69. The van der Waals surface area contributed by atoms with Crippen LogP contribution in [0.25, 0.3) is 0 Å². The highest BCUT2D eigenvalue weighted by Crippen LogP contribution is 2.44. The quantitative estimate of drug-likeness (QED) is 0.721. The van der Waals surface area contributed by atoms with Gasteiger partial charge in [0.2, 0.25) is 0 Å². The van der Waals surface area contributed by atoms with E-state index < -0.39 is 0 Å². The molecule has 2 aliphatic rings. The number of hydrogen-bond donors (Lipinski definition) is 1. The molecule has 1 heterocycles. The molecule has 0 aromatic heterocycles. The van der Waals surface area contributed by atoms with Crippen LogP contribution in [0, 0.1) is 5.92 Å². The molecule has 1 aromatic rings. The van der Waals surface area contributed by atoms with Gasteiger partial charge in [-0.25, -0.2) is 0 Å². The molecule has 3 rings (SSSR count). The molecule has 16 heavy (non-hydrogen) atoms. The standard InChI is InChI=1S/C14H19NO/c1-9-12-5-6-15(2)14(9)7-10-3-4-11(16)8-13(10)12/h3-4,8-9,12,14,16H,5-7H2,1-2H3/t9-,12-,14?/m1/s1. The van der Waals surface area contributed by atoms with Crippen LogP contribution in [0.2, 0.25) is 0 Å². The molecule has 0 saturated carbocycles. The summed E-state index contributed by atoms with van der Waals surface area (Å²) in [4.78, 5) is 2.50. The molecular formula is C14H19NO. The van der Waals surface area contributed by atoms with Crippen LogP contribution in [-0.2, 0) is 6.42 Å². The van der Waals surface area contributed by atoms with Gasteiger partial charge in [0.15, 0.2) is 0 Å². The van der Waals surface area contributed by atoms with Crippen molar-refractivity contribution in [2.45, 2.75) is 31.7 Å². The summed E-state index contributed by atoms with van der Waals surface area (Å²) < 4.78 is 0. The third kappa shape index (κ3) is 1.36. The van der Waals surface area contributed by atoms with Gasteiger partial charge in [-0.3, -0.25) is 0 Å².